The van der Waals surface area contributed by atoms with Crippen molar-refractivity contribution in [3.63, 3.8) is 0 Å². The van der Waals surface area contributed by atoms with Gasteiger partial charge in [-0.15, -0.1) is 4.40 Å². The van der Waals surface area contributed by atoms with Crippen LogP contribution in [0.1, 0.15) is 39.0 Å². The smallest absolute Gasteiger partial charge is 0.256 e. The second-order valence-corrected chi connectivity index (χ2v) is 8.57. The van der Waals surface area contributed by atoms with Gasteiger partial charge in [-0.2, -0.15) is 0 Å². The molecule has 0 bridgehead atoms. The van der Waals surface area contributed by atoms with Gasteiger partial charge in [0.2, 0.25) is 0 Å². The summed E-state index contributed by atoms with van der Waals surface area (Å²) in [5, 5.41) is 0. The van der Waals surface area contributed by atoms with Crippen LogP contribution in [0.4, 0.5) is 0 Å². The van der Waals surface area contributed by atoms with Gasteiger partial charge < -0.3 is 9.64 Å². The van der Waals surface area contributed by atoms with E-state index in [1.54, 1.807) is 6.08 Å². The SMILES string of the molecule is C=C/C(=C\C=C(/C)C1=CC=CN2CCS(=O)(=O)N=C12)OC1CCCCC1. The maximum Gasteiger partial charge on any atom is 0.256 e. The van der Waals surface area contributed by atoms with Gasteiger partial charge in [0.05, 0.1) is 11.9 Å². The predicted molar refractivity (Wildman–Crippen MR) is 105 cm³/mol. The van der Waals surface area contributed by atoms with Crippen molar-refractivity contribution in [1.29, 1.82) is 0 Å². The van der Waals surface area contributed by atoms with Gasteiger partial charge in [0, 0.05) is 18.3 Å². The third-order valence-corrected chi connectivity index (χ3v) is 5.99. The third-order valence-electron chi connectivity index (χ3n) is 4.84. The fraction of sp³-hybridized carbons (Fsp3) is 0.450. The molecule has 1 fully saturated rings. The number of ether oxygens (including phenoxy) is 1. The maximum atomic E-state index is 11.9. The quantitative estimate of drug-likeness (QED) is 0.542. The fourth-order valence-corrected chi connectivity index (χ4v) is 4.34. The summed E-state index contributed by atoms with van der Waals surface area (Å²) in [6.45, 7) is 6.22. The number of rotatable bonds is 5. The van der Waals surface area contributed by atoms with Crippen molar-refractivity contribution in [2.24, 2.45) is 4.40 Å². The minimum Gasteiger partial charge on any atom is -0.490 e. The zero-order valence-electron chi connectivity index (χ0n) is 15.2. The summed E-state index contributed by atoms with van der Waals surface area (Å²) in [6, 6.07) is 0. The van der Waals surface area contributed by atoms with E-state index < -0.39 is 10.0 Å². The van der Waals surface area contributed by atoms with Gasteiger partial charge in [-0.1, -0.05) is 19.1 Å². The lowest BCUT2D eigenvalue weighted by Gasteiger charge is -2.29. The molecule has 1 saturated carbocycles. The van der Waals surface area contributed by atoms with Crippen LogP contribution in [0.15, 0.2) is 64.5 Å². The summed E-state index contributed by atoms with van der Waals surface area (Å²) in [7, 11) is -3.39. The average Bonchev–Trinajstić information content (AvgIpc) is 2.64. The number of amidine groups is 1. The van der Waals surface area contributed by atoms with Gasteiger partial charge in [0.25, 0.3) is 10.0 Å². The Morgan fingerprint density at radius 3 is 2.81 bits per heavy atom. The number of hydrogen-bond donors (Lipinski definition) is 0. The van der Waals surface area contributed by atoms with Gasteiger partial charge in [-0.05, 0) is 62.5 Å². The van der Waals surface area contributed by atoms with E-state index in [-0.39, 0.29) is 11.9 Å². The van der Waals surface area contributed by atoms with Crippen molar-refractivity contribution < 1.29 is 13.2 Å². The van der Waals surface area contributed by atoms with E-state index in [4.69, 9.17) is 4.74 Å². The highest BCUT2D eigenvalue weighted by Crippen LogP contribution is 2.25. The van der Waals surface area contributed by atoms with Gasteiger partial charge in [0.15, 0.2) is 5.84 Å². The first-order valence-corrected chi connectivity index (χ1v) is 10.8. The molecule has 3 rings (SSSR count). The maximum absolute atomic E-state index is 11.9. The van der Waals surface area contributed by atoms with Crippen molar-refractivity contribution in [1.82, 2.24) is 4.90 Å². The lowest BCUT2D eigenvalue weighted by molar-refractivity contribution is 0.0902. The van der Waals surface area contributed by atoms with Gasteiger partial charge in [0.1, 0.15) is 5.76 Å². The van der Waals surface area contributed by atoms with E-state index in [9.17, 15) is 8.42 Å². The number of fused-ring (bicyclic) bond motifs is 1. The van der Waals surface area contributed by atoms with E-state index in [1.165, 1.54) is 19.3 Å². The molecule has 26 heavy (non-hydrogen) atoms. The van der Waals surface area contributed by atoms with Crippen molar-refractivity contribution in [2.45, 2.75) is 45.1 Å². The molecule has 0 amide bonds. The zero-order chi connectivity index (χ0) is 18.6. The molecule has 1 aliphatic carbocycles. The summed E-state index contributed by atoms with van der Waals surface area (Å²) in [5.74, 6) is 1.29. The predicted octanol–water partition coefficient (Wildman–Crippen LogP) is 3.85. The first-order chi connectivity index (χ1) is 12.5. The Morgan fingerprint density at radius 2 is 2.08 bits per heavy atom. The Balaban J connectivity index is 1.79. The van der Waals surface area contributed by atoms with Crippen LogP contribution in [0.3, 0.4) is 0 Å². The molecule has 0 aromatic carbocycles. The van der Waals surface area contributed by atoms with E-state index >= 15 is 0 Å². The highest BCUT2D eigenvalue weighted by atomic mass is 32.2. The lowest BCUT2D eigenvalue weighted by Crippen LogP contribution is -2.38. The van der Waals surface area contributed by atoms with Crippen LogP contribution in [0.5, 0.6) is 0 Å². The minimum atomic E-state index is -3.39. The molecule has 5 nitrogen and oxygen atoms in total. The van der Waals surface area contributed by atoms with E-state index in [2.05, 4.69) is 11.0 Å². The lowest BCUT2D eigenvalue weighted by atomic mass is 9.98. The van der Waals surface area contributed by atoms with Crippen LogP contribution in [0.2, 0.25) is 0 Å². The Bertz CT molecular complexity index is 810. The van der Waals surface area contributed by atoms with E-state index in [0.717, 1.165) is 29.7 Å². The second-order valence-electron chi connectivity index (χ2n) is 6.82. The molecule has 0 N–H and O–H groups in total. The van der Waals surface area contributed by atoms with Gasteiger partial charge >= 0.3 is 0 Å². The fourth-order valence-electron chi connectivity index (χ4n) is 3.35. The Morgan fingerprint density at radius 1 is 1.31 bits per heavy atom. The Hall–Kier alpha value is -2.08. The van der Waals surface area contributed by atoms with Crippen molar-refractivity contribution in [2.75, 3.05) is 12.3 Å². The second kappa shape index (κ2) is 8.08. The molecule has 0 spiro atoms. The van der Waals surface area contributed by atoms with Crippen molar-refractivity contribution >= 4 is 15.9 Å². The van der Waals surface area contributed by atoms with Crippen molar-refractivity contribution in [3.8, 4) is 0 Å². The number of sulfonamides is 1. The normalized spacial score (nSPS) is 23.8. The van der Waals surface area contributed by atoms with Gasteiger partial charge in [-0.25, -0.2) is 8.42 Å². The zero-order valence-corrected chi connectivity index (χ0v) is 16.0. The average molecular weight is 375 g/mol. The molecule has 3 aliphatic rings. The third kappa shape index (κ3) is 4.55. The summed E-state index contributed by atoms with van der Waals surface area (Å²) in [5.41, 5.74) is 1.75. The highest BCUT2D eigenvalue weighted by Gasteiger charge is 2.27. The summed E-state index contributed by atoms with van der Waals surface area (Å²) < 4.78 is 33.8. The Kier molecular flexibility index (Phi) is 5.81. The first-order valence-electron chi connectivity index (χ1n) is 9.15. The van der Waals surface area contributed by atoms with Gasteiger partial charge in [-0.3, -0.25) is 0 Å². The molecule has 140 valence electrons. The highest BCUT2D eigenvalue weighted by molar-refractivity contribution is 7.90. The number of hydrogen-bond acceptors (Lipinski definition) is 4. The van der Waals surface area contributed by atoms with Crippen molar-refractivity contribution in [3.05, 3.63) is 60.1 Å². The summed E-state index contributed by atoms with van der Waals surface area (Å²) >= 11 is 0. The molecule has 2 heterocycles. The summed E-state index contributed by atoms with van der Waals surface area (Å²) in [6.07, 6.45) is 17.4. The monoisotopic (exact) mass is 374 g/mol. The Labute approximate surface area is 156 Å². The van der Waals surface area contributed by atoms with Crippen LogP contribution in [-0.2, 0) is 14.8 Å². The van der Waals surface area contributed by atoms with E-state index in [1.807, 2.05) is 42.3 Å². The standard InChI is InChI=1S/C20H26N2O3S/c1-3-17(25-18-8-5-4-6-9-18)12-11-16(2)19-10-7-13-22-14-15-26(23,24)21-20(19)22/h3,7,10-13,18H,1,4-6,8-9,14-15H2,2H3/b16-11+,17-12+. The molecule has 0 aromatic rings. The molecule has 0 atom stereocenters. The molecule has 0 unspecified atom stereocenters. The molecular weight excluding hydrogens is 348 g/mol. The van der Waals surface area contributed by atoms with E-state index in [0.29, 0.717) is 12.4 Å². The topological polar surface area (TPSA) is 59.0 Å². The molecular formula is C20H26N2O3S. The van der Waals surface area contributed by atoms with Crippen LogP contribution in [-0.4, -0.2) is 37.6 Å². The number of nitrogens with zero attached hydrogens (tertiary/aromatic N) is 2. The van der Waals surface area contributed by atoms with Crippen LogP contribution >= 0.6 is 0 Å². The molecule has 0 radical (unpaired) electrons. The summed E-state index contributed by atoms with van der Waals surface area (Å²) in [4.78, 5) is 1.88. The largest absolute Gasteiger partial charge is 0.490 e. The molecule has 6 heteroatoms. The van der Waals surface area contributed by atoms with Crippen LogP contribution < -0.4 is 0 Å². The minimum absolute atomic E-state index is 0.0482. The van der Waals surface area contributed by atoms with Crippen LogP contribution in [0.25, 0.3) is 0 Å². The number of allylic oxidation sites excluding steroid dienone is 5. The molecule has 0 saturated heterocycles. The molecule has 2 aliphatic heterocycles. The van der Waals surface area contributed by atoms with Crippen LogP contribution in [0, 0.1) is 0 Å². The first kappa shape index (κ1) is 18.7. The molecule has 0 aromatic heterocycles.